The quantitative estimate of drug-likeness (QED) is 0.897. The fraction of sp³-hybridized carbons (Fsp3) is 0.353. The molecule has 0 heterocycles. The molecule has 3 nitrogen and oxygen atoms in total. The van der Waals surface area contributed by atoms with Gasteiger partial charge in [-0.3, -0.25) is 0 Å². The SMILES string of the molecule is CCC(C#N)Oc1c(C(C)NC)ccc2ccccc12. The summed E-state index contributed by atoms with van der Waals surface area (Å²) in [7, 11) is 1.92. The Kier molecular flexibility index (Phi) is 4.60. The Morgan fingerprint density at radius 3 is 2.65 bits per heavy atom. The van der Waals surface area contributed by atoms with Crippen LogP contribution in [-0.2, 0) is 0 Å². The zero-order chi connectivity index (χ0) is 14.5. The van der Waals surface area contributed by atoms with Crippen LogP contribution in [0.25, 0.3) is 10.8 Å². The van der Waals surface area contributed by atoms with Gasteiger partial charge < -0.3 is 10.1 Å². The maximum Gasteiger partial charge on any atom is 0.184 e. The van der Waals surface area contributed by atoms with E-state index < -0.39 is 6.10 Å². The third-order valence-corrected chi connectivity index (χ3v) is 3.58. The second kappa shape index (κ2) is 6.40. The Hall–Kier alpha value is -2.05. The van der Waals surface area contributed by atoms with Gasteiger partial charge in [0.2, 0.25) is 0 Å². The van der Waals surface area contributed by atoms with Gasteiger partial charge in [0.05, 0.1) is 0 Å². The fourth-order valence-electron chi connectivity index (χ4n) is 2.23. The first-order chi connectivity index (χ1) is 9.71. The average Bonchev–Trinajstić information content (AvgIpc) is 2.51. The minimum absolute atomic E-state index is 0.172. The molecule has 0 aliphatic carbocycles. The monoisotopic (exact) mass is 268 g/mol. The van der Waals surface area contributed by atoms with Crippen LogP contribution in [0.4, 0.5) is 0 Å². The van der Waals surface area contributed by atoms with Gasteiger partial charge in [-0.15, -0.1) is 0 Å². The van der Waals surface area contributed by atoms with Gasteiger partial charge in [-0.1, -0.05) is 43.3 Å². The predicted octanol–water partition coefficient (Wildman–Crippen LogP) is 3.80. The van der Waals surface area contributed by atoms with E-state index in [0.717, 1.165) is 22.1 Å². The molecular weight excluding hydrogens is 248 g/mol. The van der Waals surface area contributed by atoms with E-state index in [1.807, 2.05) is 32.2 Å². The maximum absolute atomic E-state index is 9.16. The lowest BCUT2D eigenvalue weighted by atomic mass is 10.0. The van der Waals surface area contributed by atoms with Gasteiger partial charge in [-0.2, -0.15) is 5.26 Å². The van der Waals surface area contributed by atoms with Crippen molar-refractivity contribution >= 4 is 10.8 Å². The minimum atomic E-state index is -0.413. The van der Waals surface area contributed by atoms with Gasteiger partial charge in [0, 0.05) is 17.0 Å². The highest BCUT2D eigenvalue weighted by atomic mass is 16.5. The summed E-state index contributed by atoms with van der Waals surface area (Å²) in [6.07, 6.45) is 0.260. The lowest BCUT2D eigenvalue weighted by Crippen LogP contribution is -2.18. The van der Waals surface area contributed by atoms with Crippen LogP contribution in [0.3, 0.4) is 0 Å². The van der Waals surface area contributed by atoms with Gasteiger partial charge >= 0.3 is 0 Å². The largest absolute Gasteiger partial charge is 0.475 e. The van der Waals surface area contributed by atoms with Gasteiger partial charge in [-0.05, 0) is 25.8 Å². The van der Waals surface area contributed by atoms with E-state index >= 15 is 0 Å². The lowest BCUT2D eigenvalue weighted by Gasteiger charge is -2.20. The van der Waals surface area contributed by atoms with E-state index in [2.05, 4.69) is 36.5 Å². The number of hydrogen-bond acceptors (Lipinski definition) is 3. The van der Waals surface area contributed by atoms with Crippen LogP contribution < -0.4 is 10.1 Å². The third-order valence-electron chi connectivity index (χ3n) is 3.58. The van der Waals surface area contributed by atoms with Crippen LogP contribution in [0.5, 0.6) is 5.75 Å². The summed E-state index contributed by atoms with van der Waals surface area (Å²) >= 11 is 0. The molecule has 20 heavy (non-hydrogen) atoms. The molecule has 0 saturated heterocycles. The summed E-state index contributed by atoms with van der Waals surface area (Å²) < 4.78 is 5.98. The normalized spacial score (nSPS) is 13.7. The van der Waals surface area contributed by atoms with Crippen LogP contribution >= 0.6 is 0 Å². The van der Waals surface area contributed by atoms with Crippen molar-refractivity contribution in [2.45, 2.75) is 32.4 Å². The molecule has 2 atom stereocenters. The molecule has 0 saturated carbocycles. The van der Waals surface area contributed by atoms with E-state index in [9.17, 15) is 0 Å². The lowest BCUT2D eigenvalue weighted by molar-refractivity contribution is 0.251. The molecule has 0 aromatic heterocycles. The molecule has 0 bridgehead atoms. The van der Waals surface area contributed by atoms with Crippen molar-refractivity contribution in [3.63, 3.8) is 0 Å². The molecule has 2 rings (SSSR count). The van der Waals surface area contributed by atoms with Crippen molar-refractivity contribution in [2.24, 2.45) is 0 Å². The molecule has 1 N–H and O–H groups in total. The van der Waals surface area contributed by atoms with E-state index in [-0.39, 0.29) is 6.04 Å². The molecule has 2 aromatic rings. The third kappa shape index (κ3) is 2.76. The number of rotatable bonds is 5. The van der Waals surface area contributed by atoms with Crippen molar-refractivity contribution in [2.75, 3.05) is 7.05 Å². The molecule has 2 unspecified atom stereocenters. The predicted molar refractivity (Wildman–Crippen MR) is 81.7 cm³/mol. The van der Waals surface area contributed by atoms with E-state index in [1.165, 1.54) is 0 Å². The Morgan fingerprint density at radius 1 is 1.25 bits per heavy atom. The van der Waals surface area contributed by atoms with Gasteiger partial charge in [0.25, 0.3) is 0 Å². The average molecular weight is 268 g/mol. The summed E-state index contributed by atoms with van der Waals surface area (Å²) in [5.74, 6) is 0.818. The summed E-state index contributed by atoms with van der Waals surface area (Å²) in [6.45, 7) is 4.05. The summed E-state index contributed by atoms with van der Waals surface area (Å²) in [6, 6.07) is 14.7. The molecule has 0 radical (unpaired) electrons. The Balaban J connectivity index is 2.58. The molecule has 0 aliphatic heterocycles. The number of fused-ring (bicyclic) bond motifs is 1. The zero-order valence-electron chi connectivity index (χ0n) is 12.2. The van der Waals surface area contributed by atoms with E-state index in [4.69, 9.17) is 10.00 Å². The summed E-state index contributed by atoms with van der Waals surface area (Å²) in [5, 5.41) is 14.6. The van der Waals surface area contributed by atoms with Crippen LogP contribution in [0.15, 0.2) is 36.4 Å². The van der Waals surface area contributed by atoms with Crippen LogP contribution in [0, 0.1) is 11.3 Å². The maximum atomic E-state index is 9.16. The van der Waals surface area contributed by atoms with Crippen molar-refractivity contribution in [3.05, 3.63) is 42.0 Å². The number of benzene rings is 2. The Morgan fingerprint density at radius 2 is 2.00 bits per heavy atom. The highest BCUT2D eigenvalue weighted by Gasteiger charge is 2.16. The molecule has 0 amide bonds. The highest BCUT2D eigenvalue weighted by molar-refractivity contribution is 5.89. The van der Waals surface area contributed by atoms with Crippen LogP contribution in [0.2, 0.25) is 0 Å². The summed E-state index contributed by atoms with van der Waals surface area (Å²) in [5.41, 5.74) is 1.08. The molecule has 2 aromatic carbocycles. The Bertz CT molecular complexity index is 630. The number of ether oxygens (including phenoxy) is 1. The van der Waals surface area contributed by atoms with Crippen molar-refractivity contribution in [1.82, 2.24) is 5.32 Å². The first kappa shape index (κ1) is 14.4. The molecule has 104 valence electrons. The second-order valence-electron chi connectivity index (χ2n) is 4.86. The number of nitrogens with zero attached hydrogens (tertiary/aromatic N) is 1. The topological polar surface area (TPSA) is 45.0 Å². The van der Waals surface area contributed by atoms with Crippen LogP contribution in [-0.4, -0.2) is 13.2 Å². The minimum Gasteiger partial charge on any atom is -0.475 e. The van der Waals surface area contributed by atoms with Crippen molar-refractivity contribution in [3.8, 4) is 11.8 Å². The zero-order valence-corrected chi connectivity index (χ0v) is 12.2. The van der Waals surface area contributed by atoms with Gasteiger partial charge in [-0.25, -0.2) is 0 Å². The highest BCUT2D eigenvalue weighted by Crippen LogP contribution is 2.34. The second-order valence-corrected chi connectivity index (χ2v) is 4.86. The van der Waals surface area contributed by atoms with E-state index in [0.29, 0.717) is 6.42 Å². The number of hydrogen-bond donors (Lipinski definition) is 1. The molecule has 0 aliphatic rings. The molecule has 0 fully saturated rings. The number of nitriles is 1. The molecular formula is C17H20N2O. The van der Waals surface area contributed by atoms with Gasteiger partial charge in [0.15, 0.2) is 6.10 Å². The standard InChI is InChI=1S/C17H20N2O/c1-4-14(11-18)20-17-15(12(2)19-3)10-9-13-7-5-6-8-16(13)17/h5-10,12,14,19H,4H2,1-3H3. The fourth-order valence-corrected chi connectivity index (χ4v) is 2.23. The molecule has 3 heteroatoms. The first-order valence-corrected chi connectivity index (χ1v) is 6.96. The number of nitrogens with one attached hydrogen (secondary N) is 1. The van der Waals surface area contributed by atoms with Crippen molar-refractivity contribution < 1.29 is 4.74 Å². The molecule has 0 spiro atoms. The Labute approximate surface area is 120 Å². The van der Waals surface area contributed by atoms with Crippen LogP contribution in [0.1, 0.15) is 31.9 Å². The first-order valence-electron chi connectivity index (χ1n) is 6.96. The van der Waals surface area contributed by atoms with E-state index in [1.54, 1.807) is 0 Å². The van der Waals surface area contributed by atoms with Gasteiger partial charge in [0.1, 0.15) is 11.8 Å². The smallest absolute Gasteiger partial charge is 0.184 e. The summed E-state index contributed by atoms with van der Waals surface area (Å²) in [4.78, 5) is 0. The van der Waals surface area contributed by atoms with Crippen molar-refractivity contribution in [1.29, 1.82) is 5.26 Å².